The van der Waals surface area contributed by atoms with Crippen molar-refractivity contribution in [3.63, 3.8) is 0 Å². The Kier molecular flexibility index (Phi) is 6.85. The highest BCUT2D eigenvalue weighted by Gasteiger charge is 2.22. The Morgan fingerprint density at radius 3 is 2.41 bits per heavy atom. The predicted molar refractivity (Wildman–Crippen MR) is 114 cm³/mol. The molecule has 7 nitrogen and oxygen atoms in total. The molecule has 0 atom stereocenters. The van der Waals surface area contributed by atoms with E-state index in [-0.39, 0.29) is 18.3 Å². The number of hydrogen-bond acceptors (Lipinski definition) is 5. The first kappa shape index (κ1) is 20.8. The Bertz CT molecular complexity index is 937. The summed E-state index contributed by atoms with van der Waals surface area (Å²) in [7, 11) is 0. The summed E-state index contributed by atoms with van der Waals surface area (Å²) in [5, 5.41) is 14.6. The van der Waals surface area contributed by atoms with Crippen LogP contribution in [0.4, 0.5) is 5.69 Å². The molecular formula is C21H24ClN5O2. The van der Waals surface area contributed by atoms with Gasteiger partial charge in [-0.05, 0) is 69.3 Å². The first-order valence-electron chi connectivity index (χ1n) is 9.47. The average Bonchev–Trinajstić information content (AvgIpc) is 3.12. The molecule has 2 N–H and O–H groups in total. The van der Waals surface area contributed by atoms with Crippen molar-refractivity contribution in [1.82, 2.24) is 20.3 Å². The number of benzene rings is 2. The number of carbonyl (C=O) groups is 1. The Morgan fingerprint density at radius 2 is 1.72 bits per heavy atom. The van der Waals surface area contributed by atoms with Gasteiger partial charge in [0.05, 0.1) is 11.7 Å². The molecule has 0 bridgehead atoms. The fourth-order valence-electron chi connectivity index (χ4n) is 3.37. The molecule has 0 unspecified atom stereocenters. The van der Waals surface area contributed by atoms with E-state index in [1.165, 1.54) is 0 Å². The lowest BCUT2D eigenvalue weighted by Crippen LogP contribution is -2.30. The third-order valence-corrected chi connectivity index (χ3v) is 4.89. The maximum Gasteiger partial charge on any atom is 0.278 e. The predicted octanol–water partition coefficient (Wildman–Crippen LogP) is 3.98. The minimum atomic E-state index is -0.255. The number of piperidine rings is 1. The summed E-state index contributed by atoms with van der Waals surface area (Å²) in [5.41, 5.74) is 1.85. The number of halogens is 1. The molecule has 2 aromatic carbocycles. The number of nitrogens with zero attached hydrogens (tertiary/aromatic N) is 3. The number of rotatable bonds is 5. The van der Waals surface area contributed by atoms with Gasteiger partial charge >= 0.3 is 0 Å². The lowest BCUT2D eigenvalue weighted by Gasteiger charge is -2.23. The van der Waals surface area contributed by atoms with Crippen LogP contribution in [0.3, 0.4) is 0 Å². The maximum atomic E-state index is 12.6. The van der Waals surface area contributed by atoms with Crippen LogP contribution in [0.25, 0.3) is 0 Å². The van der Waals surface area contributed by atoms with Crippen molar-refractivity contribution >= 4 is 24.0 Å². The SMILES string of the molecule is Cc1c(C(=O)Nc2ccc(Oc3ccccc3)cc2)nnn1C1CCNCC1.Cl. The summed E-state index contributed by atoms with van der Waals surface area (Å²) < 4.78 is 7.65. The van der Waals surface area contributed by atoms with E-state index in [4.69, 9.17) is 4.74 Å². The topological polar surface area (TPSA) is 81.1 Å². The van der Waals surface area contributed by atoms with Crippen LogP contribution in [0.5, 0.6) is 11.5 Å². The largest absolute Gasteiger partial charge is 0.457 e. The second kappa shape index (κ2) is 9.54. The Hall–Kier alpha value is -2.90. The van der Waals surface area contributed by atoms with Gasteiger partial charge in [0.25, 0.3) is 5.91 Å². The third kappa shape index (κ3) is 4.93. The van der Waals surface area contributed by atoms with Crippen molar-refractivity contribution in [2.45, 2.75) is 25.8 Å². The molecule has 2 heterocycles. The van der Waals surface area contributed by atoms with Gasteiger partial charge in [0.15, 0.2) is 5.69 Å². The lowest BCUT2D eigenvalue weighted by molar-refractivity contribution is 0.102. The summed E-state index contributed by atoms with van der Waals surface area (Å²) in [5.74, 6) is 1.22. The van der Waals surface area contributed by atoms with Crippen molar-refractivity contribution in [3.05, 3.63) is 66.0 Å². The first-order valence-corrected chi connectivity index (χ1v) is 9.47. The fourth-order valence-corrected chi connectivity index (χ4v) is 3.37. The molecule has 1 amide bonds. The molecular weight excluding hydrogens is 390 g/mol. The average molecular weight is 414 g/mol. The highest BCUT2D eigenvalue weighted by atomic mass is 35.5. The Morgan fingerprint density at radius 1 is 1.07 bits per heavy atom. The van der Waals surface area contributed by atoms with Gasteiger partial charge in [0.1, 0.15) is 11.5 Å². The number of para-hydroxylation sites is 1. The number of ether oxygens (including phenoxy) is 1. The van der Waals surface area contributed by atoms with Crippen molar-refractivity contribution in [2.75, 3.05) is 18.4 Å². The highest BCUT2D eigenvalue weighted by molar-refractivity contribution is 6.03. The van der Waals surface area contributed by atoms with Gasteiger partial charge in [-0.15, -0.1) is 17.5 Å². The first-order chi connectivity index (χ1) is 13.7. The molecule has 0 radical (unpaired) electrons. The quantitative estimate of drug-likeness (QED) is 0.661. The number of anilines is 1. The second-order valence-electron chi connectivity index (χ2n) is 6.84. The van der Waals surface area contributed by atoms with Crippen molar-refractivity contribution in [3.8, 4) is 11.5 Å². The zero-order valence-electron chi connectivity index (χ0n) is 16.2. The third-order valence-electron chi connectivity index (χ3n) is 4.89. The molecule has 8 heteroatoms. The molecule has 1 aliphatic rings. The molecule has 0 saturated carbocycles. The minimum Gasteiger partial charge on any atom is -0.457 e. The highest BCUT2D eigenvalue weighted by Crippen LogP contribution is 2.24. The summed E-state index contributed by atoms with van der Waals surface area (Å²) in [4.78, 5) is 12.6. The van der Waals surface area contributed by atoms with Gasteiger partial charge in [0, 0.05) is 5.69 Å². The van der Waals surface area contributed by atoms with Crippen LogP contribution in [0.2, 0.25) is 0 Å². The fraction of sp³-hybridized carbons (Fsp3) is 0.286. The number of hydrogen-bond donors (Lipinski definition) is 2. The molecule has 3 aromatic rings. The number of aromatic nitrogens is 3. The molecule has 152 valence electrons. The molecule has 4 rings (SSSR count). The van der Waals surface area contributed by atoms with Crippen molar-refractivity contribution in [1.29, 1.82) is 0 Å². The number of nitrogens with one attached hydrogen (secondary N) is 2. The van der Waals surface area contributed by atoms with Crippen LogP contribution >= 0.6 is 12.4 Å². The van der Waals surface area contributed by atoms with Crippen LogP contribution in [-0.2, 0) is 0 Å². The Labute approximate surface area is 175 Å². The van der Waals surface area contributed by atoms with E-state index >= 15 is 0 Å². The van der Waals surface area contributed by atoms with Gasteiger partial charge in [-0.2, -0.15) is 0 Å². The van der Waals surface area contributed by atoms with Gasteiger partial charge in [-0.25, -0.2) is 4.68 Å². The van der Waals surface area contributed by atoms with Crippen LogP contribution in [-0.4, -0.2) is 34.0 Å². The van der Waals surface area contributed by atoms with Crippen LogP contribution in [0, 0.1) is 6.92 Å². The van der Waals surface area contributed by atoms with Crippen LogP contribution < -0.4 is 15.4 Å². The zero-order chi connectivity index (χ0) is 19.3. The van der Waals surface area contributed by atoms with Crippen molar-refractivity contribution in [2.24, 2.45) is 0 Å². The minimum absolute atomic E-state index is 0. The van der Waals surface area contributed by atoms with Crippen molar-refractivity contribution < 1.29 is 9.53 Å². The Balaban J connectivity index is 0.00000240. The number of amides is 1. The molecule has 1 aromatic heterocycles. The van der Waals surface area contributed by atoms with Crippen LogP contribution in [0.15, 0.2) is 54.6 Å². The van der Waals surface area contributed by atoms with Gasteiger partial charge in [-0.1, -0.05) is 23.4 Å². The normalized spacial score (nSPS) is 14.1. The van der Waals surface area contributed by atoms with Gasteiger partial charge in [-0.3, -0.25) is 4.79 Å². The summed E-state index contributed by atoms with van der Waals surface area (Å²) in [6, 6.07) is 17.1. The molecule has 1 fully saturated rings. The summed E-state index contributed by atoms with van der Waals surface area (Å²) in [6.45, 7) is 3.82. The summed E-state index contributed by atoms with van der Waals surface area (Å²) >= 11 is 0. The van der Waals surface area contributed by atoms with Gasteiger partial charge < -0.3 is 15.4 Å². The molecule has 0 spiro atoms. The molecule has 29 heavy (non-hydrogen) atoms. The number of carbonyl (C=O) groups excluding carboxylic acids is 1. The van der Waals surface area contributed by atoms with E-state index in [1.807, 2.05) is 66.2 Å². The zero-order valence-corrected chi connectivity index (χ0v) is 17.0. The molecule has 0 aliphatic carbocycles. The van der Waals surface area contributed by atoms with Gasteiger partial charge in [0.2, 0.25) is 0 Å². The standard InChI is InChI=1S/C21H23N5O2.ClH/c1-15-20(24-25-26(15)17-11-13-22-14-12-17)21(27)23-16-7-9-19(10-8-16)28-18-5-3-2-4-6-18;/h2-10,17,22H,11-14H2,1H3,(H,23,27);1H. The monoisotopic (exact) mass is 413 g/mol. The lowest BCUT2D eigenvalue weighted by atomic mass is 10.1. The molecule has 1 saturated heterocycles. The van der Waals surface area contributed by atoms with E-state index in [2.05, 4.69) is 20.9 Å². The van der Waals surface area contributed by atoms with E-state index in [9.17, 15) is 4.79 Å². The maximum absolute atomic E-state index is 12.6. The van der Waals surface area contributed by atoms with E-state index < -0.39 is 0 Å². The second-order valence-corrected chi connectivity index (χ2v) is 6.84. The molecule has 1 aliphatic heterocycles. The summed E-state index contributed by atoms with van der Waals surface area (Å²) in [6.07, 6.45) is 1.99. The van der Waals surface area contributed by atoms with E-state index in [1.54, 1.807) is 0 Å². The van der Waals surface area contributed by atoms with Crippen LogP contribution in [0.1, 0.15) is 35.1 Å². The smallest absolute Gasteiger partial charge is 0.278 e. The van der Waals surface area contributed by atoms with E-state index in [0.29, 0.717) is 23.2 Å². The van der Waals surface area contributed by atoms with E-state index in [0.717, 1.165) is 37.4 Å².